The summed E-state index contributed by atoms with van der Waals surface area (Å²) >= 11 is 5.91. The molecular weight excluding hydrogens is 264 g/mol. The average Bonchev–Trinajstić information content (AvgIpc) is 2.79. The third-order valence-corrected chi connectivity index (χ3v) is 3.88. The Morgan fingerprint density at radius 3 is 2.89 bits per heavy atom. The number of benzene rings is 1. The number of hydrogen-bond acceptors (Lipinski definition) is 3. The van der Waals surface area contributed by atoms with Crippen LogP contribution in [0.4, 0.5) is 0 Å². The molecule has 4 nitrogen and oxygen atoms in total. The molecule has 0 aliphatic carbocycles. The topological polar surface area (TPSA) is 55.6 Å². The Labute approximate surface area is 118 Å². The largest absolute Gasteiger partial charge is 0.496 e. The number of methoxy groups -OCH3 is 1. The summed E-state index contributed by atoms with van der Waals surface area (Å²) in [5.74, 6) is 0.884. The van der Waals surface area contributed by atoms with Gasteiger partial charge in [0.05, 0.1) is 12.7 Å². The number of carbonyl (C=O) groups is 1. The summed E-state index contributed by atoms with van der Waals surface area (Å²) in [4.78, 5) is 14.4. The first-order valence-electron chi connectivity index (χ1n) is 6.41. The highest BCUT2D eigenvalue weighted by molar-refractivity contribution is 6.30. The Hall–Kier alpha value is -1.26. The van der Waals surface area contributed by atoms with Crippen LogP contribution < -0.4 is 10.5 Å². The van der Waals surface area contributed by atoms with Crippen molar-refractivity contribution in [3.8, 4) is 5.75 Å². The molecule has 1 aliphatic rings. The molecule has 0 spiro atoms. The summed E-state index contributed by atoms with van der Waals surface area (Å²) in [7, 11) is 1.54. The van der Waals surface area contributed by atoms with Gasteiger partial charge in [-0.1, -0.05) is 11.6 Å². The average molecular weight is 283 g/mol. The first-order chi connectivity index (χ1) is 9.06. The highest BCUT2D eigenvalue weighted by atomic mass is 35.5. The van der Waals surface area contributed by atoms with E-state index in [0.717, 1.165) is 6.42 Å². The molecule has 0 bridgehead atoms. The van der Waals surface area contributed by atoms with E-state index >= 15 is 0 Å². The molecule has 1 amide bonds. The second-order valence-electron chi connectivity index (χ2n) is 4.99. The van der Waals surface area contributed by atoms with Gasteiger partial charge in [-0.3, -0.25) is 4.79 Å². The molecule has 19 heavy (non-hydrogen) atoms. The Morgan fingerprint density at radius 1 is 1.58 bits per heavy atom. The number of amides is 1. The van der Waals surface area contributed by atoms with Crippen molar-refractivity contribution in [3.05, 3.63) is 28.8 Å². The minimum Gasteiger partial charge on any atom is -0.496 e. The minimum absolute atomic E-state index is 0.0167. The summed E-state index contributed by atoms with van der Waals surface area (Å²) in [5.41, 5.74) is 6.25. The van der Waals surface area contributed by atoms with Gasteiger partial charge in [-0.2, -0.15) is 0 Å². The molecule has 0 saturated carbocycles. The van der Waals surface area contributed by atoms with Gasteiger partial charge in [0.1, 0.15) is 5.75 Å². The van der Waals surface area contributed by atoms with Crippen molar-refractivity contribution in [3.63, 3.8) is 0 Å². The third-order valence-electron chi connectivity index (χ3n) is 3.65. The number of carbonyl (C=O) groups excluding carboxylic acids is 1. The number of rotatable bonds is 3. The number of nitrogens with zero attached hydrogens (tertiary/aromatic N) is 1. The molecule has 0 aromatic heterocycles. The van der Waals surface area contributed by atoms with Crippen LogP contribution in [0, 0.1) is 5.92 Å². The van der Waals surface area contributed by atoms with Gasteiger partial charge in [-0.05, 0) is 44.0 Å². The molecule has 1 aromatic rings. The predicted molar refractivity (Wildman–Crippen MR) is 75.7 cm³/mol. The number of nitrogens with two attached hydrogens (primary N) is 1. The van der Waals surface area contributed by atoms with Crippen LogP contribution in [0.5, 0.6) is 5.75 Å². The van der Waals surface area contributed by atoms with Gasteiger partial charge in [0.15, 0.2) is 0 Å². The van der Waals surface area contributed by atoms with E-state index in [0.29, 0.717) is 35.3 Å². The van der Waals surface area contributed by atoms with Crippen molar-refractivity contribution in [2.24, 2.45) is 11.7 Å². The zero-order valence-electron chi connectivity index (χ0n) is 11.2. The van der Waals surface area contributed by atoms with Crippen molar-refractivity contribution in [2.45, 2.75) is 19.4 Å². The van der Waals surface area contributed by atoms with Gasteiger partial charge in [0, 0.05) is 17.6 Å². The lowest BCUT2D eigenvalue weighted by Crippen LogP contribution is -2.34. The molecule has 1 saturated heterocycles. The highest BCUT2D eigenvalue weighted by Gasteiger charge is 2.33. The molecule has 1 heterocycles. The molecule has 1 fully saturated rings. The fraction of sp³-hybridized carbons (Fsp3) is 0.500. The lowest BCUT2D eigenvalue weighted by Gasteiger charge is -2.22. The molecule has 1 aromatic carbocycles. The lowest BCUT2D eigenvalue weighted by molar-refractivity contribution is 0.0740. The van der Waals surface area contributed by atoms with Crippen molar-refractivity contribution in [1.82, 2.24) is 4.90 Å². The maximum atomic E-state index is 12.6. The standard InChI is InChI=1S/C14H19ClN2O2/c1-9-5-10(7-16)8-17(9)14(18)12-4-3-11(15)6-13(12)19-2/h3-4,6,9-10H,5,7-8,16H2,1-2H3. The molecule has 104 valence electrons. The predicted octanol–water partition coefficient (Wildman–Crippen LogP) is 2.16. The van der Waals surface area contributed by atoms with Crippen molar-refractivity contribution >= 4 is 17.5 Å². The number of likely N-dealkylation sites (tertiary alicyclic amines) is 1. The molecule has 2 unspecified atom stereocenters. The Morgan fingerprint density at radius 2 is 2.32 bits per heavy atom. The van der Waals surface area contributed by atoms with E-state index < -0.39 is 0 Å². The van der Waals surface area contributed by atoms with Crippen LogP contribution in [0.15, 0.2) is 18.2 Å². The van der Waals surface area contributed by atoms with Crippen LogP contribution >= 0.6 is 11.6 Å². The molecule has 0 radical (unpaired) electrons. The Bertz CT molecular complexity index is 479. The first-order valence-corrected chi connectivity index (χ1v) is 6.79. The summed E-state index contributed by atoms with van der Waals surface area (Å²) < 4.78 is 5.24. The summed E-state index contributed by atoms with van der Waals surface area (Å²) in [5, 5.41) is 0.558. The van der Waals surface area contributed by atoms with Crippen molar-refractivity contribution < 1.29 is 9.53 Å². The quantitative estimate of drug-likeness (QED) is 0.924. The van der Waals surface area contributed by atoms with E-state index in [1.807, 2.05) is 4.90 Å². The first kappa shape index (κ1) is 14.2. The highest BCUT2D eigenvalue weighted by Crippen LogP contribution is 2.29. The summed E-state index contributed by atoms with van der Waals surface area (Å²) in [6.45, 7) is 3.38. The maximum absolute atomic E-state index is 12.6. The van der Waals surface area contributed by atoms with Gasteiger partial charge in [-0.15, -0.1) is 0 Å². The number of halogens is 1. The van der Waals surface area contributed by atoms with E-state index in [1.54, 1.807) is 25.3 Å². The van der Waals surface area contributed by atoms with E-state index in [-0.39, 0.29) is 11.9 Å². The maximum Gasteiger partial charge on any atom is 0.257 e. The zero-order chi connectivity index (χ0) is 14.0. The summed E-state index contributed by atoms with van der Waals surface area (Å²) in [6, 6.07) is 5.29. The normalized spacial score (nSPS) is 22.6. The lowest BCUT2D eigenvalue weighted by atomic mass is 10.1. The van der Waals surface area contributed by atoms with E-state index in [2.05, 4.69) is 6.92 Å². The van der Waals surface area contributed by atoms with E-state index in [1.165, 1.54) is 0 Å². The van der Waals surface area contributed by atoms with Crippen LogP contribution in [-0.4, -0.2) is 37.0 Å². The minimum atomic E-state index is -0.0167. The van der Waals surface area contributed by atoms with Crippen LogP contribution in [0.3, 0.4) is 0 Å². The van der Waals surface area contributed by atoms with Crippen LogP contribution in [0.1, 0.15) is 23.7 Å². The van der Waals surface area contributed by atoms with Crippen molar-refractivity contribution in [1.29, 1.82) is 0 Å². The SMILES string of the molecule is COc1cc(Cl)ccc1C(=O)N1CC(CN)CC1C. The van der Waals surface area contributed by atoms with E-state index in [9.17, 15) is 4.79 Å². The van der Waals surface area contributed by atoms with Gasteiger partial charge in [0.2, 0.25) is 0 Å². The number of hydrogen-bond donors (Lipinski definition) is 1. The van der Waals surface area contributed by atoms with Gasteiger partial charge >= 0.3 is 0 Å². The molecular formula is C14H19ClN2O2. The second kappa shape index (κ2) is 5.80. The van der Waals surface area contributed by atoms with Gasteiger partial charge in [0.25, 0.3) is 5.91 Å². The summed E-state index contributed by atoms with van der Waals surface area (Å²) in [6.07, 6.45) is 0.956. The molecule has 2 rings (SSSR count). The van der Waals surface area contributed by atoms with Gasteiger partial charge in [-0.25, -0.2) is 0 Å². The molecule has 2 N–H and O–H groups in total. The fourth-order valence-corrected chi connectivity index (χ4v) is 2.75. The van der Waals surface area contributed by atoms with Crippen LogP contribution in [0.25, 0.3) is 0 Å². The van der Waals surface area contributed by atoms with Crippen LogP contribution in [-0.2, 0) is 0 Å². The van der Waals surface area contributed by atoms with Crippen molar-refractivity contribution in [2.75, 3.05) is 20.2 Å². The molecule has 2 atom stereocenters. The third kappa shape index (κ3) is 2.85. The fourth-order valence-electron chi connectivity index (χ4n) is 2.59. The Kier molecular flexibility index (Phi) is 4.32. The smallest absolute Gasteiger partial charge is 0.257 e. The zero-order valence-corrected chi connectivity index (χ0v) is 12.0. The van der Waals surface area contributed by atoms with Gasteiger partial charge < -0.3 is 15.4 Å². The molecule has 5 heteroatoms. The second-order valence-corrected chi connectivity index (χ2v) is 5.43. The van der Waals surface area contributed by atoms with E-state index in [4.69, 9.17) is 22.1 Å². The Balaban J connectivity index is 2.25. The number of ether oxygens (including phenoxy) is 1. The molecule has 1 aliphatic heterocycles. The van der Waals surface area contributed by atoms with Crippen LogP contribution in [0.2, 0.25) is 5.02 Å². The monoisotopic (exact) mass is 282 g/mol.